The highest BCUT2D eigenvalue weighted by Gasteiger charge is 2.24. The van der Waals surface area contributed by atoms with E-state index in [1.165, 1.54) is 19.3 Å². The lowest BCUT2D eigenvalue weighted by Gasteiger charge is -2.34. The van der Waals surface area contributed by atoms with E-state index in [4.69, 9.17) is 0 Å². The first-order valence-corrected chi connectivity index (χ1v) is 9.38. The van der Waals surface area contributed by atoms with Gasteiger partial charge in [-0.1, -0.05) is 38.1 Å². The lowest BCUT2D eigenvalue weighted by atomic mass is 10.0. The van der Waals surface area contributed by atoms with E-state index in [0.29, 0.717) is 24.2 Å². The number of hydrogen-bond acceptors (Lipinski definition) is 4. The molecule has 1 aliphatic rings. The number of benzene rings is 1. The van der Waals surface area contributed by atoms with Crippen molar-refractivity contribution in [2.45, 2.75) is 52.5 Å². The number of nitrogens with one attached hydrogen (secondary N) is 1. The molecule has 1 aromatic heterocycles. The highest BCUT2D eigenvalue weighted by Crippen LogP contribution is 2.30. The van der Waals surface area contributed by atoms with Gasteiger partial charge >= 0.3 is 0 Å². The SMILES string of the molecule is CC(C)CCNC(=O)c1nnc(N2CCCCC2C)c2ccccc12. The van der Waals surface area contributed by atoms with Crippen LogP contribution in [0.15, 0.2) is 24.3 Å². The van der Waals surface area contributed by atoms with Gasteiger partial charge in [-0.15, -0.1) is 10.2 Å². The predicted octanol–water partition coefficient (Wildman–Crippen LogP) is 3.78. The van der Waals surface area contributed by atoms with Crippen molar-refractivity contribution in [2.75, 3.05) is 18.0 Å². The number of anilines is 1. The summed E-state index contributed by atoms with van der Waals surface area (Å²) in [5.74, 6) is 1.33. The fourth-order valence-corrected chi connectivity index (χ4v) is 3.44. The highest BCUT2D eigenvalue weighted by molar-refractivity contribution is 6.07. The second-order valence-corrected chi connectivity index (χ2v) is 7.39. The number of carbonyl (C=O) groups excluding carboxylic acids is 1. The molecule has 5 nitrogen and oxygen atoms in total. The van der Waals surface area contributed by atoms with E-state index in [2.05, 4.69) is 41.2 Å². The second-order valence-electron chi connectivity index (χ2n) is 7.39. The maximum Gasteiger partial charge on any atom is 0.272 e. The molecule has 0 saturated carbocycles. The maximum absolute atomic E-state index is 12.6. The molecule has 1 unspecified atom stereocenters. The Labute approximate surface area is 149 Å². The number of rotatable bonds is 5. The Morgan fingerprint density at radius 2 is 2.00 bits per heavy atom. The van der Waals surface area contributed by atoms with E-state index < -0.39 is 0 Å². The van der Waals surface area contributed by atoms with E-state index in [1.807, 2.05) is 24.3 Å². The summed E-state index contributed by atoms with van der Waals surface area (Å²) in [5.41, 5.74) is 0.424. The Kier molecular flexibility index (Phi) is 5.51. The van der Waals surface area contributed by atoms with E-state index in [1.54, 1.807) is 0 Å². The van der Waals surface area contributed by atoms with E-state index in [-0.39, 0.29) is 5.91 Å². The van der Waals surface area contributed by atoms with E-state index in [9.17, 15) is 4.79 Å². The van der Waals surface area contributed by atoms with Gasteiger partial charge in [0.05, 0.1) is 0 Å². The topological polar surface area (TPSA) is 58.1 Å². The molecule has 0 bridgehead atoms. The summed E-state index contributed by atoms with van der Waals surface area (Å²) >= 11 is 0. The summed E-state index contributed by atoms with van der Waals surface area (Å²) in [7, 11) is 0. The molecule has 1 amide bonds. The van der Waals surface area contributed by atoms with Crippen molar-refractivity contribution in [3.8, 4) is 0 Å². The Hall–Kier alpha value is -2.17. The Bertz CT molecular complexity index is 744. The monoisotopic (exact) mass is 340 g/mol. The zero-order valence-corrected chi connectivity index (χ0v) is 15.5. The molecule has 0 aliphatic carbocycles. The van der Waals surface area contributed by atoms with Crippen molar-refractivity contribution in [1.82, 2.24) is 15.5 Å². The van der Waals surface area contributed by atoms with Crippen LogP contribution in [0.3, 0.4) is 0 Å². The molecule has 1 N–H and O–H groups in total. The van der Waals surface area contributed by atoms with Crippen LogP contribution >= 0.6 is 0 Å². The van der Waals surface area contributed by atoms with Crippen molar-refractivity contribution in [1.29, 1.82) is 0 Å². The number of fused-ring (bicyclic) bond motifs is 1. The van der Waals surface area contributed by atoms with Gasteiger partial charge in [0.1, 0.15) is 0 Å². The van der Waals surface area contributed by atoms with Crippen LogP contribution in [0.25, 0.3) is 10.8 Å². The van der Waals surface area contributed by atoms with Gasteiger partial charge < -0.3 is 10.2 Å². The zero-order chi connectivity index (χ0) is 17.8. The fourth-order valence-electron chi connectivity index (χ4n) is 3.44. The summed E-state index contributed by atoms with van der Waals surface area (Å²) in [5, 5.41) is 13.6. The van der Waals surface area contributed by atoms with Gasteiger partial charge in [0, 0.05) is 29.9 Å². The van der Waals surface area contributed by atoms with Crippen molar-refractivity contribution in [3.05, 3.63) is 30.0 Å². The first-order valence-electron chi connectivity index (χ1n) is 9.38. The third-order valence-electron chi connectivity index (χ3n) is 4.97. The highest BCUT2D eigenvalue weighted by atomic mass is 16.1. The molecule has 5 heteroatoms. The molecule has 0 spiro atoms. The molecular formula is C20H28N4O. The first kappa shape index (κ1) is 17.6. The Balaban J connectivity index is 1.92. The normalized spacial score (nSPS) is 17.9. The van der Waals surface area contributed by atoms with Crippen LogP contribution in [-0.2, 0) is 0 Å². The molecule has 1 aromatic carbocycles. The number of aromatic nitrogens is 2. The van der Waals surface area contributed by atoms with E-state index >= 15 is 0 Å². The zero-order valence-electron chi connectivity index (χ0n) is 15.5. The van der Waals surface area contributed by atoms with Gasteiger partial charge in [0.2, 0.25) is 0 Å². The Morgan fingerprint density at radius 3 is 2.72 bits per heavy atom. The van der Waals surface area contributed by atoms with Crippen molar-refractivity contribution in [3.63, 3.8) is 0 Å². The standard InChI is InChI=1S/C20H28N4O/c1-14(2)11-12-21-20(25)18-16-9-4-5-10-17(16)19(23-22-18)24-13-7-6-8-15(24)3/h4-5,9-10,14-15H,6-8,11-13H2,1-3H3,(H,21,25). The second kappa shape index (κ2) is 7.81. The van der Waals surface area contributed by atoms with Gasteiger partial charge in [-0.05, 0) is 38.5 Å². The number of piperidine rings is 1. The van der Waals surface area contributed by atoms with Crippen LogP contribution in [0.4, 0.5) is 5.82 Å². The van der Waals surface area contributed by atoms with Crippen LogP contribution in [0.1, 0.15) is 56.9 Å². The van der Waals surface area contributed by atoms with Crippen LogP contribution in [0, 0.1) is 5.92 Å². The average molecular weight is 340 g/mol. The van der Waals surface area contributed by atoms with Crippen molar-refractivity contribution < 1.29 is 4.79 Å². The lowest BCUT2D eigenvalue weighted by Crippen LogP contribution is -2.38. The maximum atomic E-state index is 12.6. The lowest BCUT2D eigenvalue weighted by molar-refractivity contribution is 0.0948. The van der Waals surface area contributed by atoms with E-state index in [0.717, 1.165) is 29.6 Å². The van der Waals surface area contributed by atoms with Crippen molar-refractivity contribution in [2.24, 2.45) is 5.92 Å². The summed E-state index contributed by atoms with van der Waals surface area (Å²) in [6, 6.07) is 8.43. The molecule has 0 radical (unpaired) electrons. The average Bonchev–Trinajstić information content (AvgIpc) is 2.61. The molecule has 25 heavy (non-hydrogen) atoms. The minimum absolute atomic E-state index is 0.136. The molecule has 1 fully saturated rings. The minimum atomic E-state index is -0.136. The largest absolute Gasteiger partial charge is 0.352 e. The van der Waals surface area contributed by atoms with Gasteiger partial charge in [-0.3, -0.25) is 4.79 Å². The van der Waals surface area contributed by atoms with Crippen LogP contribution in [0.5, 0.6) is 0 Å². The molecular weight excluding hydrogens is 312 g/mol. The number of nitrogens with zero attached hydrogens (tertiary/aromatic N) is 3. The fraction of sp³-hybridized carbons (Fsp3) is 0.550. The summed E-state index contributed by atoms with van der Waals surface area (Å²) in [6.07, 6.45) is 4.57. The van der Waals surface area contributed by atoms with Gasteiger partial charge in [-0.2, -0.15) is 0 Å². The summed E-state index contributed by atoms with van der Waals surface area (Å²) < 4.78 is 0. The molecule has 134 valence electrons. The molecule has 1 saturated heterocycles. The number of amides is 1. The minimum Gasteiger partial charge on any atom is -0.352 e. The molecule has 3 rings (SSSR count). The molecule has 2 aromatic rings. The van der Waals surface area contributed by atoms with Gasteiger partial charge in [-0.25, -0.2) is 0 Å². The van der Waals surface area contributed by atoms with Crippen LogP contribution in [-0.4, -0.2) is 35.2 Å². The predicted molar refractivity (Wildman–Crippen MR) is 102 cm³/mol. The summed E-state index contributed by atoms with van der Waals surface area (Å²) in [4.78, 5) is 14.9. The molecule has 2 heterocycles. The third kappa shape index (κ3) is 3.91. The number of hydrogen-bond donors (Lipinski definition) is 1. The third-order valence-corrected chi connectivity index (χ3v) is 4.97. The number of carbonyl (C=O) groups is 1. The first-order chi connectivity index (χ1) is 12.1. The van der Waals surface area contributed by atoms with Gasteiger partial charge in [0.25, 0.3) is 5.91 Å². The van der Waals surface area contributed by atoms with Crippen molar-refractivity contribution >= 4 is 22.5 Å². The smallest absolute Gasteiger partial charge is 0.272 e. The molecule has 1 aliphatic heterocycles. The Morgan fingerprint density at radius 1 is 1.24 bits per heavy atom. The molecule has 1 atom stereocenters. The van der Waals surface area contributed by atoms with Gasteiger partial charge in [0.15, 0.2) is 11.5 Å². The van der Waals surface area contributed by atoms with Crippen LogP contribution in [0.2, 0.25) is 0 Å². The summed E-state index contributed by atoms with van der Waals surface area (Å²) in [6.45, 7) is 8.20. The van der Waals surface area contributed by atoms with Crippen LogP contribution < -0.4 is 10.2 Å². The quantitative estimate of drug-likeness (QED) is 0.900.